The third-order valence-electron chi connectivity index (χ3n) is 2.28. The van der Waals surface area contributed by atoms with Crippen LogP contribution in [-0.4, -0.2) is 28.6 Å². The Morgan fingerprint density at radius 2 is 2.11 bits per heavy atom. The molecule has 18 heavy (non-hydrogen) atoms. The minimum atomic E-state index is -0.473. The summed E-state index contributed by atoms with van der Waals surface area (Å²) in [5.74, 6) is 1.42. The van der Waals surface area contributed by atoms with Gasteiger partial charge < -0.3 is 15.8 Å². The number of nitrogens with one attached hydrogen (secondary N) is 1. The fourth-order valence-corrected chi connectivity index (χ4v) is 1.37. The average molecular weight is 252 g/mol. The minimum absolute atomic E-state index is 0.173. The molecule has 0 radical (unpaired) electrons. The Balaban J connectivity index is 2.81. The number of nitrogen functional groups attached to an aromatic ring is 1. The predicted molar refractivity (Wildman–Crippen MR) is 70.3 cm³/mol. The van der Waals surface area contributed by atoms with E-state index < -0.39 is 6.04 Å². The molecule has 0 amide bonds. The second kappa shape index (κ2) is 6.18. The number of nitrogens with zero attached hydrogens (tertiary/aromatic N) is 2. The molecule has 0 aliphatic rings. The molecular formula is C12H20N4O2. The highest BCUT2D eigenvalue weighted by Gasteiger charge is 2.15. The van der Waals surface area contributed by atoms with Crippen molar-refractivity contribution in [3.8, 4) is 0 Å². The van der Waals surface area contributed by atoms with Gasteiger partial charge in [-0.1, -0.05) is 13.8 Å². The van der Waals surface area contributed by atoms with Crippen LogP contribution in [0, 0.1) is 0 Å². The van der Waals surface area contributed by atoms with Gasteiger partial charge in [0.25, 0.3) is 0 Å². The van der Waals surface area contributed by atoms with E-state index in [9.17, 15) is 4.79 Å². The zero-order chi connectivity index (χ0) is 13.7. The van der Waals surface area contributed by atoms with Gasteiger partial charge in [0, 0.05) is 12.0 Å². The van der Waals surface area contributed by atoms with E-state index in [1.54, 1.807) is 19.9 Å². The summed E-state index contributed by atoms with van der Waals surface area (Å²) in [4.78, 5) is 19.9. The Kier molecular flexibility index (Phi) is 4.88. The lowest BCUT2D eigenvalue weighted by atomic mass is 10.2. The second-order valence-corrected chi connectivity index (χ2v) is 4.31. The maximum Gasteiger partial charge on any atom is 0.328 e. The van der Waals surface area contributed by atoms with Gasteiger partial charge in [-0.05, 0) is 13.8 Å². The molecule has 1 heterocycles. The molecule has 1 unspecified atom stereocenters. The summed E-state index contributed by atoms with van der Waals surface area (Å²) < 4.78 is 4.91. The molecule has 1 aromatic rings. The summed E-state index contributed by atoms with van der Waals surface area (Å²) in [5.41, 5.74) is 5.70. The van der Waals surface area contributed by atoms with Crippen molar-refractivity contribution in [3.63, 3.8) is 0 Å². The molecule has 0 saturated heterocycles. The first-order valence-electron chi connectivity index (χ1n) is 6.01. The van der Waals surface area contributed by atoms with Crippen molar-refractivity contribution >= 4 is 17.6 Å². The maximum absolute atomic E-state index is 11.5. The van der Waals surface area contributed by atoms with Gasteiger partial charge in [-0.15, -0.1) is 0 Å². The molecule has 0 saturated carbocycles. The average Bonchev–Trinajstić information content (AvgIpc) is 2.28. The molecule has 0 aromatic carbocycles. The van der Waals surface area contributed by atoms with Gasteiger partial charge in [0.05, 0.1) is 6.61 Å². The van der Waals surface area contributed by atoms with Crippen LogP contribution < -0.4 is 11.1 Å². The lowest BCUT2D eigenvalue weighted by Crippen LogP contribution is -2.28. The normalized spacial score (nSPS) is 12.3. The van der Waals surface area contributed by atoms with Gasteiger partial charge in [-0.3, -0.25) is 0 Å². The number of carbonyl (C=O) groups excluding carboxylic acids is 1. The second-order valence-electron chi connectivity index (χ2n) is 4.31. The zero-order valence-electron chi connectivity index (χ0n) is 11.2. The van der Waals surface area contributed by atoms with Gasteiger partial charge in [-0.25, -0.2) is 14.8 Å². The molecule has 0 fully saturated rings. The van der Waals surface area contributed by atoms with Gasteiger partial charge in [0.15, 0.2) is 0 Å². The predicted octanol–water partition coefficient (Wildman–Crippen LogP) is 1.55. The molecule has 100 valence electrons. The van der Waals surface area contributed by atoms with E-state index in [1.165, 1.54) is 0 Å². The van der Waals surface area contributed by atoms with E-state index in [2.05, 4.69) is 15.3 Å². The molecule has 6 heteroatoms. The molecule has 6 nitrogen and oxygen atoms in total. The van der Waals surface area contributed by atoms with Crippen LogP contribution >= 0.6 is 0 Å². The minimum Gasteiger partial charge on any atom is -0.464 e. The Labute approximate surface area is 107 Å². The maximum atomic E-state index is 11.5. The highest BCUT2D eigenvalue weighted by atomic mass is 16.5. The van der Waals surface area contributed by atoms with Crippen LogP contribution in [0.3, 0.4) is 0 Å². The Morgan fingerprint density at radius 3 is 2.67 bits per heavy atom. The third kappa shape index (κ3) is 3.87. The van der Waals surface area contributed by atoms with E-state index >= 15 is 0 Å². The van der Waals surface area contributed by atoms with E-state index in [0.29, 0.717) is 24.1 Å². The number of ether oxygens (including phenoxy) is 1. The van der Waals surface area contributed by atoms with Crippen molar-refractivity contribution in [2.75, 3.05) is 17.7 Å². The Bertz CT molecular complexity index is 421. The van der Waals surface area contributed by atoms with Crippen molar-refractivity contribution < 1.29 is 9.53 Å². The number of hydrogen-bond donors (Lipinski definition) is 2. The molecule has 3 N–H and O–H groups in total. The molecule has 0 aliphatic carbocycles. The molecule has 1 atom stereocenters. The van der Waals surface area contributed by atoms with Crippen molar-refractivity contribution in [1.29, 1.82) is 0 Å². The fourth-order valence-electron chi connectivity index (χ4n) is 1.37. The Morgan fingerprint density at radius 1 is 1.44 bits per heavy atom. The van der Waals surface area contributed by atoms with E-state index in [1.807, 2.05) is 13.8 Å². The standard InChI is InChI=1S/C12H20N4O2/c1-5-18-12(17)8(4)14-10-6-9(13)15-11(16-10)7(2)3/h6-8H,5H2,1-4H3,(H3,13,14,15,16). The highest BCUT2D eigenvalue weighted by molar-refractivity contribution is 5.78. The number of anilines is 2. The smallest absolute Gasteiger partial charge is 0.328 e. The van der Waals surface area contributed by atoms with Crippen LogP contribution in [-0.2, 0) is 9.53 Å². The van der Waals surface area contributed by atoms with E-state index in [-0.39, 0.29) is 11.9 Å². The highest BCUT2D eigenvalue weighted by Crippen LogP contribution is 2.15. The summed E-state index contributed by atoms with van der Waals surface area (Å²) in [7, 11) is 0. The molecule has 0 bridgehead atoms. The fraction of sp³-hybridized carbons (Fsp3) is 0.583. The van der Waals surface area contributed by atoms with Gasteiger partial charge in [-0.2, -0.15) is 0 Å². The monoisotopic (exact) mass is 252 g/mol. The molecular weight excluding hydrogens is 232 g/mol. The number of nitrogens with two attached hydrogens (primary N) is 1. The van der Waals surface area contributed by atoms with Crippen molar-refractivity contribution in [3.05, 3.63) is 11.9 Å². The number of aromatic nitrogens is 2. The van der Waals surface area contributed by atoms with E-state index in [0.717, 1.165) is 0 Å². The summed E-state index contributed by atoms with van der Waals surface area (Å²) in [6, 6.07) is 1.13. The first-order valence-corrected chi connectivity index (χ1v) is 6.01. The summed E-state index contributed by atoms with van der Waals surface area (Å²) >= 11 is 0. The number of carbonyl (C=O) groups is 1. The third-order valence-corrected chi connectivity index (χ3v) is 2.28. The quantitative estimate of drug-likeness (QED) is 0.773. The molecule has 1 aromatic heterocycles. The van der Waals surface area contributed by atoms with Crippen LogP contribution in [0.1, 0.15) is 39.4 Å². The largest absolute Gasteiger partial charge is 0.464 e. The summed E-state index contributed by atoms with van der Waals surface area (Å²) in [6.45, 7) is 7.80. The van der Waals surface area contributed by atoms with Crippen molar-refractivity contribution in [1.82, 2.24) is 9.97 Å². The van der Waals surface area contributed by atoms with Crippen LogP contribution in [0.4, 0.5) is 11.6 Å². The Hall–Kier alpha value is -1.85. The van der Waals surface area contributed by atoms with Crippen molar-refractivity contribution in [2.45, 2.75) is 39.7 Å². The SMILES string of the molecule is CCOC(=O)C(C)Nc1cc(N)nc(C(C)C)n1. The van der Waals surface area contributed by atoms with Gasteiger partial charge in [0.2, 0.25) is 0 Å². The van der Waals surface area contributed by atoms with Crippen LogP contribution in [0.25, 0.3) is 0 Å². The number of hydrogen-bond acceptors (Lipinski definition) is 6. The lowest BCUT2D eigenvalue weighted by Gasteiger charge is -2.14. The number of esters is 1. The van der Waals surface area contributed by atoms with Crippen LogP contribution in [0.5, 0.6) is 0 Å². The lowest BCUT2D eigenvalue weighted by molar-refractivity contribution is -0.143. The molecule has 0 spiro atoms. The topological polar surface area (TPSA) is 90.1 Å². The first kappa shape index (κ1) is 14.2. The molecule has 0 aliphatic heterocycles. The van der Waals surface area contributed by atoms with Gasteiger partial charge >= 0.3 is 5.97 Å². The van der Waals surface area contributed by atoms with Crippen molar-refractivity contribution in [2.24, 2.45) is 0 Å². The first-order chi connectivity index (χ1) is 8.43. The van der Waals surface area contributed by atoms with Crippen LogP contribution in [0.15, 0.2) is 6.07 Å². The van der Waals surface area contributed by atoms with E-state index in [4.69, 9.17) is 10.5 Å². The van der Waals surface area contributed by atoms with Gasteiger partial charge in [0.1, 0.15) is 23.5 Å². The zero-order valence-corrected chi connectivity index (χ0v) is 11.2. The summed E-state index contributed by atoms with van der Waals surface area (Å²) in [5, 5.41) is 2.96. The molecule has 1 rings (SSSR count). The van der Waals surface area contributed by atoms with Crippen LogP contribution in [0.2, 0.25) is 0 Å². The number of rotatable bonds is 5. The summed E-state index contributed by atoms with van der Waals surface area (Å²) in [6.07, 6.45) is 0.